The lowest BCUT2D eigenvalue weighted by atomic mass is 10.3. The Hall–Kier alpha value is -2.28. The third-order valence-corrected chi connectivity index (χ3v) is 4.87. The van der Waals surface area contributed by atoms with E-state index in [2.05, 4.69) is 5.32 Å². The molecular formula is C18H33N5O7. The van der Waals surface area contributed by atoms with Crippen molar-refractivity contribution in [2.24, 2.45) is 0 Å². The number of likely N-dealkylation sites (N-methyl/N-ethyl adjacent to an activating group) is 1. The van der Waals surface area contributed by atoms with E-state index in [0.29, 0.717) is 58.8 Å². The molecule has 12 nitrogen and oxygen atoms in total. The summed E-state index contributed by atoms with van der Waals surface area (Å²) in [5, 5.41) is 30.1. The zero-order valence-corrected chi connectivity index (χ0v) is 17.5. The summed E-state index contributed by atoms with van der Waals surface area (Å²) < 4.78 is 0. The number of aliphatic carboxylic acids is 3. The molecule has 1 rings (SSSR count). The van der Waals surface area contributed by atoms with E-state index in [1.165, 1.54) is 0 Å². The molecule has 1 amide bonds. The van der Waals surface area contributed by atoms with Crippen LogP contribution in [0.25, 0.3) is 0 Å². The fourth-order valence-electron chi connectivity index (χ4n) is 3.30. The summed E-state index contributed by atoms with van der Waals surface area (Å²) in [5.74, 6) is -3.08. The third kappa shape index (κ3) is 11.7. The Morgan fingerprint density at radius 2 is 0.900 bits per heavy atom. The lowest BCUT2D eigenvalue weighted by molar-refractivity contribution is -0.140. The van der Waals surface area contributed by atoms with Crippen LogP contribution in [0.2, 0.25) is 0 Å². The Kier molecular flexibility index (Phi) is 11.9. The van der Waals surface area contributed by atoms with Crippen LogP contribution in [0.1, 0.15) is 6.42 Å². The van der Waals surface area contributed by atoms with E-state index in [1.807, 2.05) is 4.90 Å². The summed E-state index contributed by atoms with van der Waals surface area (Å²) in [6.07, 6.45) is 0.627. The molecule has 12 heteroatoms. The number of rotatable bonds is 8. The molecule has 0 saturated carbocycles. The van der Waals surface area contributed by atoms with Crippen molar-refractivity contribution in [3.8, 4) is 0 Å². The smallest absolute Gasteiger partial charge is 0.317 e. The molecule has 0 aromatic rings. The summed E-state index contributed by atoms with van der Waals surface area (Å²) in [5.41, 5.74) is 0. The normalized spacial score (nSPS) is 19.2. The SMILES string of the molecule is CNC(=O)CN1CCCN(CC(=O)O)CCN(CC(=O)O)CCN(CC(=O)O)CC1. The fourth-order valence-corrected chi connectivity index (χ4v) is 3.30. The lowest BCUT2D eigenvalue weighted by Gasteiger charge is -2.28. The molecule has 0 aromatic heterocycles. The molecule has 0 spiro atoms. The molecule has 1 fully saturated rings. The summed E-state index contributed by atoms with van der Waals surface area (Å²) in [4.78, 5) is 52.5. The van der Waals surface area contributed by atoms with Gasteiger partial charge in [-0.1, -0.05) is 0 Å². The van der Waals surface area contributed by atoms with Gasteiger partial charge in [0, 0.05) is 52.9 Å². The van der Waals surface area contributed by atoms with Crippen LogP contribution in [-0.2, 0) is 19.2 Å². The highest BCUT2D eigenvalue weighted by Gasteiger charge is 2.19. The Labute approximate surface area is 176 Å². The number of nitrogens with zero attached hydrogens (tertiary/aromatic N) is 4. The van der Waals surface area contributed by atoms with Gasteiger partial charge in [0.2, 0.25) is 5.91 Å². The van der Waals surface area contributed by atoms with Crippen molar-refractivity contribution in [3.63, 3.8) is 0 Å². The number of carboxylic acid groups (broad SMARTS) is 3. The van der Waals surface area contributed by atoms with E-state index in [0.717, 1.165) is 0 Å². The van der Waals surface area contributed by atoms with Gasteiger partial charge in [0.1, 0.15) is 0 Å². The molecule has 0 radical (unpaired) electrons. The van der Waals surface area contributed by atoms with Crippen molar-refractivity contribution in [1.82, 2.24) is 24.9 Å². The van der Waals surface area contributed by atoms with Crippen LogP contribution >= 0.6 is 0 Å². The van der Waals surface area contributed by atoms with Gasteiger partial charge in [-0.3, -0.25) is 38.8 Å². The molecule has 0 aliphatic carbocycles. The predicted octanol–water partition coefficient (Wildman–Crippen LogP) is -2.40. The van der Waals surface area contributed by atoms with Gasteiger partial charge >= 0.3 is 17.9 Å². The van der Waals surface area contributed by atoms with E-state index >= 15 is 0 Å². The number of carboxylic acids is 3. The van der Waals surface area contributed by atoms with Gasteiger partial charge in [-0.2, -0.15) is 0 Å². The molecule has 0 atom stereocenters. The minimum atomic E-state index is -0.995. The maximum Gasteiger partial charge on any atom is 0.317 e. The van der Waals surface area contributed by atoms with Crippen LogP contribution in [0.3, 0.4) is 0 Å². The first kappa shape index (κ1) is 25.8. The molecule has 1 aliphatic heterocycles. The Balaban J connectivity index is 2.93. The predicted molar refractivity (Wildman–Crippen MR) is 107 cm³/mol. The Morgan fingerprint density at radius 3 is 1.20 bits per heavy atom. The number of carbonyl (C=O) groups excluding carboxylic acids is 1. The van der Waals surface area contributed by atoms with E-state index in [9.17, 15) is 24.3 Å². The molecule has 30 heavy (non-hydrogen) atoms. The average Bonchev–Trinajstić information content (AvgIpc) is 2.66. The maximum atomic E-state index is 11.8. The summed E-state index contributed by atoms with van der Waals surface area (Å²) in [6.45, 7) is 3.02. The molecule has 0 aromatic carbocycles. The van der Waals surface area contributed by atoms with Gasteiger partial charge in [-0.05, 0) is 13.0 Å². The van der Waals surface area contributed by atoms with Crippen molar-refractivity contribution in [3.05, 3.63) is 0 Å². The van der Waals surface area contributed by atoms with Gasteiger partial charge in [-0.25, -0.2) is 0 Å². The minimum Gasteiger partial charge on any atom is -0.480 e. The van der Waals surface area contributed by atoms with Crippen molar-refractivity contribution < 1.29 is 34.5 Å². The van der Waals surface area contributed by atoms with E-state index in [-0.39, 0.29) is 32.1 Å². The zero-order valence-electron chi connectivity index (χ0n) is 17.5. The molecule has 0 bridgehead atoms. The average molecular weight is 431 g/mol. The van der Waals surface area contributed by atoms with Crippen LogP contribution in [0.4, 0.5) is 0 Å². The highest BCUT2D eigenvalue weighted by atomic mass is 16.4. The first-order valence-corrected chi connectivity index (χ1v) is 9.95. The Morgan fingerprint density at radius 1 is 0.600 bits per heavy atom. The molecule has 1 aliphatic rings. The lowest BCUT2D eigenvalue weighted by Crippen LogP contribution is -2.45. The molecule has 1 saturated heterocycles. The minimum absolute atomic E-state index is 0.151. The van der Waals surface area contributed by atoms with Crippen LogP contribution in [0.15, 0.2) is 0 Å². The highest BCUT2D eigenvalue weighted by Crippen LogP contribution is 2.02. The second-order valence-electron chi connectivity index (χ2n) is 7.31. The van der Waals surface area contributed by atoms with Crippen molar-refractivity contribution in [2.75, 3.05) is 85.6 Å². The highest BCUT2D eigenvalue weighted by molar-refractivity contribution is 5.77. The van der Waals surface area contributed by atoms with Gasteiger partial charge in [0.05, 0.1) is 26.2 Å². The first-order chi connectivity index (χ1) is 14.2. The molecule has 172 valence electrons. The number of amides is 1. The van der Waals surface area contributed by atoms with Crippen LogP contribution in [0, 0.1) is 0 Å². The van der Waals surface area contributed by atoms with Crippen LogP contribution in [0.5, 0.6) is 0 Å². The summed E-state index contributed by atoms with van der Waals surface area (Å²) in [6, 6.07) is 0. The van der Waals surface area contributed by atoms with Gasteiger partial charge < -0.3 is 20.6 Å². The van der Waals surface area contributed by atoms with Gasteiger partial charge in [0.25, 0.3) is 0 Å². The largest absolute Gasteiger partial charge is 0.480 e. The molecule has 4 N–H and O–H groups in total. The quantitative estimate of drug-likeness (QED) is 0.325. The monoisotopic (exact) mass is 431 g/mol. The second kappa shape index (κ2) is 13.9. The zero-order chi connectivity index (χ0) is 22.5. The second-order valence-corrected chi connectivity index (χ2v) is 7.31. The van der Waals surface area contributed by atoms with Crippen molar-refractivity contribution in [1.29, 1.82) is 0 Å². The van der Waals surface area contributed by atoms with Crippen LogP contribution in [-0.4, -0.2) is 144 Å². The third-order valence-electron chi connectivity index (χ3n) is 4.87. The summed E-state index contributed by atoms with van der Waals surface area (Å²) >= 11 is 0. The van der Waals surface area contributed by atoms with E-state index < -0.39 is 17.9 Å². The molecule has 0 unspecified atom stereocenters. The van der Waals surface area contributed by atoms with Gasteiger partial charge in [0.15, 0.2) is 0 Å². The Bertz CT molecular complexity index is 589. The molecular weight excluding hydrogens is 398 g/mol. The van der Waals surface area contributed by atoms with E-state index in [4.69, 9.17) is 10.2 Å². The van der Waals surface area contributed by atoms with Crippen molar-refractivity contribution in [2.45, 2.75) is 6.42 Å². The first-order valence-electron chi connectivity index (χ1n) is 9.95. The number of carbonyl (C=O) groups is 4. The molecule has 1 heterocycles. The number of hydrogen-bond donors (Lipinski definition) is 4. The number of nitrogens with one attached hydrogen (secondary N) is 1. The fraction of sp³-hybridized carbons (Fsp3) is 0.778. The topological polar surface area (TPSA) is 154 Å². The van der Waals surface area contributed by atoms with Crippen LogP contribution < -0.4 is 5.32 Å². The van der Waals surface area contributed by atoms with Crippen molar-refractivity contribution >= 4 is 23.8 Å². The summed E-state index contributed by atoms with van der Waals surface area (Å²) in [7, 11) is 1.55. The van der Waals surface area contributed by atoms with Gasteiger partial charge in [-0.15, -0.1) is 0 Å². The number of hydrogen-bond acceptors (Lipinski definition) is 8. The standard InChI is InChI=1S/C18H33N5O7/c1-19-15(24)11-20-3-2-4-21(12-16(25)26)6-8-23(14-18(29)30)10-9-22(7-5-20)13-17(27)28/h2-14H2,1H3,(H,19,24)(H,25,26)(H,27,28)(H,29,30). The van der Waals surface area contributed by atoms with E-state index in [1.54, 1.807) is 21.7 Å². The maximum absolute atomic E-state index is 11.8.